The summed E-state index contributed by atoms with van der Waals surface area (Å²) < 4.78 is 10.8. The van der Waals surface area contributed by atoms with Gasteiger partial charge in [-0.15, -0.1) is 0 Å². The Morgan fingerprint density at radius 2 is 2.10 bits per heavy atom. The third-order valence-electron chi connectivity index (χ3n) is 3.56. The van der Waals surface area contributed by atoms with E-state index < -0.39 is 0 Å². The van der Waals surface area contributed by atoms with Crippen LogP contribution in [0.5, 0.6) is 0 Å². The van der Waals surface area contributed by atoms with Crippen molar-refractivity contribution >= 4 is 11.0 Å². The van der Waals surface area contributed by atoms with Crippen LogP contribution in [0.25, 0.3) is 11.0 Å². The third kappa shape index (κ3) is 2.34. The molecular weight excluding hydrogens is 252 g/mol. The number of aryl methyl sites for hydroxylation is 1. The monoisotopic (exact) mass is 270 g/mol. The van der Waals surface area contributed by atoms with Gasteiger partial charge >= 0.3 is 0 Å². The van der Waals surface area contributed by atoms with Crippen LogP contribution < -0.4 is 5.32 Å². The second-order valence-electron chi connectivity index (χ2n) is 4.89. The van der Waals surface area contributed by atoms with Gasteiger partial charge in [0.25, 0.3) is 0 Å². The summed E-state index contributed by atoms with van der Waals surface area (Å²) in [5.41, 5.74) is 3.13. The molecule has 0 aliphatic rings. The third-order valence-corrected chi connectivity index (χ3v) is 3.56. The number of rotatable bonds is 5. The number of fused-ring (bicyclic) bond motifs is 1. The molecule has 104 valence electrons. The second kappa shape index (κ2) is 5.51. The highest BCUT2D eigenvalue weighted by atomic mass is 16.5. The van der Waals surface area contributed by atoms with Crippen LogP contribution in [0.1, 0.15) is 36.9 Å². The van der Waals surface area contributed by atoms with E-state index >= 15 is 0 Å². The van der Waals surface area contributed by atoms with Crippen LogP contribution in [0, 0.1) is 0 Å². The van der Waals surface area contributed by atoms with Gasteiger partial charge in [0, 0.05) is 23.6 Å². The first-order chi connectivity index (χ1) is 9.79. The van der Waals surface area contributed by atoms with E-state index in [4.69, 9.17) is 8.94 Å². The maximum Gasteiger partial charge on any atom is 0.134 e. The predicted molar refractivity (Wildman–Crippen MR) is 77.3 cm³/mol. The average molecular weight is 270 g/mol. The zero-order valence-corrected chi connectivity index (χ0v) is 11.7. The summed E-state index contributed by atoms with van der Waals surface area (Å²) in [6.45, 7) is 4.93. The Kier molecular flexibility index (Phi) is 3.56. The van der Waals surface area contributed by atoms with Gasteiger partial charge in [-0.2, -0.15) is 0 Å². The molecule has 0 amide bonds. The number of nitrogens with one attached hydrogen (secondary N) is 1. The molecule has 0 bridgehead atoms. The number of para-hydroxylation sites is 1. The van der Waals surface area contributed by atoms with E-state index in [1.165, 1.54) is 10.9 Å². The Balaban J connectivity index is 1.85. The Hall–Kier alpha value is -2.07. The molecule has 0 aliphatic heterocycles. The molecule has 1 unspecified atom stereocenters. The molecule has 0 spiro atoms. The second-order valence-corrected chi connectivity index (χ2v) is 4.89. The lowest BCUT2D eigenvalue weighted by atomic mass is 10.1. The van der Waals surface area contributed by atoms with E-state index in [0.29, 0.717) is 6.54 Å². The van der Waals surface area contributed by atoms with Crippen molar-refractivity contribution < 1.29 is 8.94 Å². The molecule has 0 saturated carbocycles. The Labute approximate surface area is 117 Å². The smallest absolute Gasteiger partial charge is 0.134 e. The molecule has 3 rings (SSSR count). The number of furan rings is 1. The molecule has 1 aromatic carbocycles. The number of nitrogens with zero attached hydrogens (tertiary/aromatic N) is 1. The summed E-state index contributed by atoms with van der Waals surface area (Å²) in [5.74, 6) is 1.01. The molecular formula is C16H18N2O2. The largest absolute Gasteiger partial charge is 0.459 e. The van der Waals surface area contributed by atoms with Gasteiger partial charge in [0.15, 0.2) is 0 Å². The maximum absolute atomic E-state index is 6.02. The lowest BCUT2D eigenvalue weighted by Crippen LogP contribution is -2.18. The summed E-state index contributed by atoms with van der Waals surface area (Å²) in [4.78, 5) is 0. The van der Waals surface area contributed by atoms with Crippen LogP contribution in [0.2, 0.25) is 0 Å². The minimum absolute atomic E-state index is 0.133. The summed E-state index contributed by atoms with van der Waals surface area (Å²) in [7, 11) is 0. The van der Waals surface area contributed by atoms with Crippen molar-refractivity contribution in [2.75, 3.05) is 0 Å². The summed E-state index contributed by atoms with van der Waals surface area (Å²) in [6, 6.07) is 10.2. The van der Waals surface area contributed by atoms with Crippen LogP contribution >= 0.6 is 0 Å². The Morgan fingerprint density at radius 1 is 1.25 bits per heavy atom. The number of hydrogen-bond donors (Lipinski definition) is 1. The van der Waals surface area contributed by atoms with E-state index in [0.717, 1.165) is 23.5 Å². The van der Waals surface area contributed by atoms with E-state index in [9.17, 15) is 0 Å². The lowest BCUT2D eigenvalue weighted by molar-refractivity contribution is 0.399. The van der Waals surface area contributed by atoms with Crippen LogP contribution in [0.4, 0.5) is 0 Å². The maximum atomic E-state index is 6.02. The van der Waals surface area contributed by atoms with Crippen LogP contribution in [-0.2, 0) is 13.0 Å². The van der Waals surface area contributed by atoms with Gasteiger partial charge < -0.3 is 14.3 Å². The zero-order chi connectivity index (χ0) is 13.9. The van der Waals surface area contributed by atoms with Gasteiger partial charge in [-0.05, 0) is 19.4 Å². The Bertz CT molecular complexity index is 686. The highest BCUT2D eigenvalue weighted by Crippen LogP contribution is 2.30. The van der Waals surface area contributed by atoms with Gasteiger partial charge in [-0.1, -0.05) is 30.3 Å². The van der Waals surface area contributed by atoms with Gasteiger partial charge in [-0.3, -0.25) is 0 Å². The Morgan fingerprint density at radius 3 is 2.85 bits per heavy atom. The molecule has 4 heteroatoms. The molecule has 0 fully saturated rings. The molecule has 3 aromatic rings. The highest BCUT2D eigenvalue weighted by molar-refractivity contribution is 5.82. The molecule has 2 heterocycles. The van der Waals surface area contributed by atoms with Crippen molar-refractivity contribution in [3.05, 3.63) is 53.6 Å². The fraction of sp³-hybridized carbons (Fsp3) is 0.312. The normalized spacial score (nSPS) is 12.9. The van der Waals surface area contributed by atoms with Gasteiger partial charge in [0.05, 0.1) is 11.7 Å². The molecule has 20 heavy (non-hydrogen) atoms. The molecule has 0 saturated heterocycles. The van der Waals surface area contributed by atoms with Crippen molar-refractivity contribution in [2.24, 2.45) is 0 Å². The summed E-state index contributed by atoms with van der Waals surface area (Å²) in [6.07, 6.45) is 2.54. The van der Waals surface area contributed by atoms with E-state index in [1.807, 2.05) is 24.3 Å². The van der Waals surface area contributed by atoms with Crippen molar-refractivity contribution in [1.29, 1.82) is 0 Å². The standard InChI is InChI=1S/C16H18N2O2/c1-3-13-14-6-4-5-7-15(14)20-16(13)11(2)17-10-12-8-9-19-18-12/h4-9,11,17H,3,10H2,1-2H3. The quantitative estimate of drug-likeness (QED) is 0.765. The molecule has 1 N–H and O–H groups in total. The van der Waals surface area contributed by atoms with Crippen LogP contribution in [0.3, 0.4) is 0 Å². The summed E-state index contributed by atoms with van der Waals surface area (Å²) in [5, 5.41) is 8.53. The molecule has 4 nitrogen and oxygen atoms in total. The van der Waals surface area contributed by atoms with Crippen molar-refractivity contribution in [3.63, 3.8) is 0 Å². The first-order valence-electron chi connectivity index (χ1n) is 6.92. The first kappa shape index (κ1) is 12.9. The van der Waals surface area contributed by atoms with Gasteiger partial charge in [0.1, 0.15) is 17.6 Å². The topological polar surface area (TPSA) is 51.2 Å². The van der Waals surface area contributed by atoms with Crippen molar-refractivity contribution in [1.82, 2.24) is 10.5 Å². The average Bonchev–Trinajstić information content (AvgIpc) is 3.11. The minimum atomic E-state index is 0.133. The fourth-order valence-corrected chi connectivity index (χ4v) is 2.51. The lowest BCUT2D eigenvalue weighted by Gasteiger charge is -2.11. The minimum Gasteiger partial charge on any atom is -0.459 e. The number of hydrogen-bond acceptors (Lipinski definition) is 4. The zero-order valence-electron chi connectivity index (χ0n) is 11.7. The molecule has 0 aliphatic carbocycles. The van der Waals surface area contributed by atoms with E-state index in [1.54, 1.807) is 6.26 Å². The predicted octanol–water partition coefficient (Wildman–Crippen LogP) is 3.83. The van der Waals surface area contributed by atoms with Crippen LogP contribution in [0.15, 0.2) is 45.5 Å². The fourth-order valence-electron chi connectivity index (χ4n) is 2.51. The first-order valence-corrected chi connectivity index (χ1v) is 6.92. The van der Waals surface area contributed by atoms with Crippen LogP contribution in [-0.4, -0.2) is 5.16 Å². The SMILES string of the molecule is CCc1c(C(C)NCc2ccon2)oc2ccccc12. The van der Waals surface area contributed by atoms with E-state index in [-0.39, 0.29) is 6.04 Å². The van der Waals surface area contributed by atoms with Crippen molar-refractivity contribution in [2.45, 2.75) is 32.9 Å². The van der Waals surface area contributed by atoms with Crippen molar-refractivity contribution in [3.8, 4) is 0 Å². The van der Waals surface area contributed by atoms with Gasteiger partial charge in [-0.25, -0.2) is 0 Å². The molecule has 1 atom stereocenters. The molecule has 0 radical (unpaired) electrons. The molecule has 2 aromatic heterocycles. The highest BCUT2D eigenvalue weighted by Gasteiger charge is 2.17. The summed E-state index contributed by atoms with van der Waals surface area (Å²) >= 11 is 0. The van der Waals surface area contributed by atoms with E-state index in [2.05, 4.69) is 30.4 Å². The van der Waals surface area contributed by atoms with Gasteiger partial charge in [0.2, 0.25) is 0 Å². The number of aromatic nitrogens is 1. The number of benzene rings is 1.